The van der Waals surface area contributed by atoms with Crippen LogP contribution in [-0.4, -0.2) is 27.0 Å². The maximum absolute atomic E-state index is 11.2. The Labute approximate surface area is 84.2 Å². The van der Waals surface area contributed by atoms with Gasteiger partial charge in [-0.3, -0.25) is 4.79 Å². The van der Waals surface area contributed by atoms with E-state index in [4.69, 9.17) is 9.84 Å². The van der Waals surface area contributed by atoms with Gasteiger partial charge in [-0.15, -0.1) is 0 Å². The Balaban J connectivity index is 2.36. The van der Waals surface area contributed by atoms with Gasteiger partial charge in [0.1, 0.15) is 12.1 Å². The van der Waals surface area contributed by atoms with Crippen LogP contribution in [0.25, 0.3) is 5.76 Å². The molecule has 1 aromatic heterocycles. The van der Waals surface area contributed by atoms with Gasteiger partial charge in [-0.2, -0.15) is 0 Å². The van der Waals surface area contributed by atoms with Gasteiger partial charge < -0.3 is 9.84 Å². The van der Waals surface area contributed by atoms with E-state index in [9.17, 15) is 9.59 Å². The molecule has 0 amide bonds. The van der Waals surface area contributed by atoms with Gasteiger partial charge in [-0.05, 0) is 6.08 Å². The number of esters is 1. The molecule has 0 aromatic carbocycles. The summed E-state index contributed by atoms with van der Waals surface area (Å²) in [4.78, 5) is 29.0. The summed E-state index contributed by atoms with van der Waals surface area (Å²) in [6.45, 7) is 0. The Morgan fingerprint density at radius 3 is 3.13 bits per heavy atom. The average Bonchev–Trinajstić information content (AvgIpc) is 2.54. The summed E-state index contributed by atoms with van der Waals surface area (Å²) in [7, 11) is 0. The van der Waals surface area contributed by atoms with Crippen molar-refractivity contribution in [3.63, 3.8) is 0 Å². The normalized spacial score (nSPS) is 16.3. The molecule has 6 heteroatoms. The standard InChI is InChI=1S/C9H6N2O4/c12-7(13)2-1-6-5-3-10-4-11-8(5)9(14)15-6/h1,3-4H,2H2,(H,12,13). The van der Waals surface area contributed by atoms with Crippen molar-refractivity contribution in [1.82, 2.24) is 9.97 Å². The third-order valence-electron chi connectivity index (χ3n) is 1.84. The average molecular weight is 206 g/mol. The number of aliphatic carboxylic acids is 1. The number of carboxylic acid groups (broad SMARTS) is 1. The highest BCUT2D eigenvalue weighted by Crippen LogP contribution is 2.27. The molecule has 2 heterocycles. The molecule has 0 unspecified atom stereocenters. The van der Waals surface area contributed by atoms with Gasteiger partial charge >= 0.3 is 11.9 Å². The molecule has 6 nitrogen and oxygen atoms in total. The molecule has 0 atom stereocenters. The largest absolute Gasteiger partial charge is 0.481 e. The van der Waals surface area contributed by atoms with E-state index in [2.05, 4.69) is 9.97 Å². The van der Waals surface area contributed by atoms with E-state index in [1.165, 1.54) is 18.6 Å². The minimum atomic E-state index is -0.996. The molecule has 1 aromatic rings. The van der Waals surface area contributed by atoms with E-state index in [1.54, 1.807) is 0 Å². The maximum Gasteiger partial charge on any atom is 0.363 e. The minimum absolute atomic E-state index is 0.168. The van der Waals surface area contributed by atoms with E-state index >= 15 is 0 Å². The van der Waals surface area contributed by atoms with Gasteiger partial charge in [0, 0.05) is 6.20 Å². The van der Waals surface area contributed by atoms with Crippen molar-refractivity contribution in [2.45, 2.75) is 6.42 Å². The SMILES string of the molecule is O=C(O)CC=C1OC(=O)c2ncncc21. The summed E-state index contributed by atoms with van der Waals surface area (Å²) < 4.78 is 4.84. The second kappa shape index (κ2) is 3.49. The zero-order valence-corrected chi connectivity index (χ0v) is 7.51. The van der Waals surface area contributed by atoms with Crippen LogP contribution in [0.4, 0.5) is 0 Å². The molecule has 0 radical (unpaired) electrons. The number of carboxylic acids is 1. The van der Waals surface area contributed by atoms with Crippen LogP contribution in [0.15, 0.2) is 18.6 Å². The molecule has 0 aliphatic carbocycles. The smallest absolute Gasteiger partial charge is 0.363 e. The van der Waals surface area contributed by atoms with Gasteiger partial charge in [0.25, 0.3) is 0 Å². The Morgan fingerprint density at radius 2 is 2.40 bits per heavy atom. The molecular formula is C9H6N2O4. The molecular weight excluding hydrogens is 200 g/mol. The zero-order chi connectivity index (χ0) is 10.8. The Hall–Kier alpha value is -2.24. The second-order valence-corrected chi connectivity index (χ2v) is 2.84. The van der Waals surface area contributed by atoms with Crippen molar-refractivity contribution in [2.75, 3.05) is 0 Å². The number of carbonyl (C=O) groups is 2. The summed E-state index contributed by atoms with van der Waals surface area (Å²) in [5.74, 6) is -1.37. The van der Waals surface area contributed by atoms with Crippen molar-refractivity contribution in [3.8, 4) is 0 Å². The lowest BCUT2D eigenvalue weighted by molar-refractivity contribution is -0.136. The molecule has 0 spiro atoms. The van der Waals surface area contributed by atoms with Crippen LogP contribution in [0.2, 0.25) is 0 Å². The number of carbonyl (C=O) groups excluding carboxylic acids is 1. The predicted molar refractivity (Wildman–Crippen MR) is 47.7 cm³/mol. The number of hydrogen-bond donors (Lipinski definition) is 1. The first kappa shape index (κ1) is 9.32. The molecule has 1 aliphatic heterocycles. The van der Waals surface area contributed by atoms with E-state index in [0.29, 0.717) is 5.56 Å². The fourth-order valence-electron chi connectivity index (χ4n) is 1.21. The highest BCUT2D eigenvalue weighted by atomic mass is 16.5. The van der Waals surface area contributed by atoms with Crippen molar-refractivity contribution >= 4 is 17.7 Å². The Kier molecular flexibility index (Phi) is 2.17. The van der Waals surface area contributed by atoms with E-state index in [0.717, 1.165) is 0 Å². The lowest BCUT2D eigenvalue weighted by atomic mass is 10.2. The van der Waals surface area contributed by atoms with Crippen molar-refractivity contribution < 1.29 is 19.4 Å². The topological polar surface area (TPSA) is 89.4 Å². The van der Waals surface area contributed by atoms with E-state index in [-0.39, 0.29) is 17.9 Å². The lowest BCUT2D eigenvalue weighted by Gasteiger charge is -1.94. The highest BCUT2D eigenvalue weighted by molar-refractivity contribution is 6.01. The monoisotopic (exact) mass is 206 g/mol. The Morgan fingerprint density at radius 1 is 1.60 bits per heavy atom. The van der Waals surface area contributed by atoms with Crippen LogP contribution in [0.3, 0.4) is 0 Å². The summed E-state index contributed by atoms with van der Waals surface area (Å²) in [5.41, 5.74) is 0.602. The zero-order valence-electron chi connectivity index (χ0n) is 7.51. The van der Waals surface area contributed by atoms with Crippen molar-refractivity contribution in [1.29, 1.82) is 0 Å². The van der Waals surface area contributed by atoms with E-state index < -0.39 is 11.9 Å². The first-order valence-corrected chi connectivity index (χ1v) is 4.13. The first-order chi connectivity index (χ1) is 7.18. The minimum Gasteiger partial charge on any atom is -0.481 e. The number of aromatic nitrogens is 2. The van der Waals surface area contributed by atoms with Crippen LogP contribution in [0.1, 0.15) is 22.5 Å². The Bertz CT molecular complexity index is 467. The van der Waals surface area contributed by atoms with Crippen LogP contribution < -0.4 is 0 Å². The van der Waals surface area contributed by atoms with Crippen LogP contribution >= 0.6 is 0 Å². The van der Waals surface area contributed by atoms with Crippen LogP contribution in [-0.2, 0) is 9.53 Å². The second-order valence-electron chi connectivity index (χ2n) is 2.84. The molecule has 0 bridgehead atoms. The molecule has 2 rings (SSSR count). The van der Waals surface area contributed by atoms with Gasteiger partial charge in [0.05, 0.1) is 12.0 Å². The third-order valence-corrected chi connectivity index (χ3v) is 1.84. The molecule has 76 valence electrons. The van der Waals surface area contributed by atoms with Crippen LogP contribution in [0, 0.1) is 0 Å². The van der Waals surface area contributed by atoms with Crippen LogP contribution in [0.5, 0.6) is 0 Å². The predicted octanol–water partition coefficient (Wildman–Crippen LogP) is 0.463. The summed E-state index contributed by atoms with van der Waals surface area (Å²) in [6, 6.07) is 0. The van der Waals surface area contributed by atoms with Gasteiger partial charge in [0.15, 0.2) is 5.69 Å². The summed E-state index contributed by atoms with van der Waals surface area (Å²) >= 11 is 0. The fourth-order valence-corrected chi connectivity index (χ4v) is 1.21. The lowest BCUT2D eigenvalue weighted by Crippen LogP contribution is -1.96. The van der Waals surface area contributed by atoms with Crippen molar-refractivity contribution in [2.24, 2.45) is 0 Å². The van der Waals surface area contributed by atoms with Gasteiger partial charge in [0.2, 0.25) is 0 Å². The van der Waals surface area contributed by atoms with Gasteiger partial charge in [-0.1, -0.05) is 0 Å². The molecule has 0 saturated heterocycles. The maximum atomic E-state index is 11.2. The summed E-state index contributed by atoms with van der Waals surface area (Å²) in [6.07, 6.45) is 3.76. The first-order valence-electron chi connectivity index (χ1n) is 4.13. The fraction of sp³-hybridized carbons (Fsp3) is 0.111. The summed E-state index contributed by atoms with van der Waals surface area (Å²) in [5, 5.41) is 8.47. The number of nitrogens with zero attached hydrogens (tertiary/aromatic N) is 2. The quantitative estimate of drug-likeness (QED) is 0.707. The number of cyclic esters (lactones) is 1. The number of hydrogen-bond acceptors (Lipinski definition) is 5. The number of rotatable bonds is 2. The van der Waals surface area contributed by atoms with Gasteiger partial charge in [-0.25, -0.2) is 14.8 Å². The number of fused-ring (bicyclic) bond motifs is 1. The van der Waals surface area contributed by atoms with E-state index in [1.807, 2.05) is 0 Å². The number of ether oxygens (including phenoxy) is 1. The molecule has 1 N–H and O–H groups in total. The molecule has 1 aliphatic rings. The highest BCUT2D eigenvalue weighted by Gasteiger charge is 2.27. The molecule has 0 saturated carbocycles. The molecule has 0 fully saturated rings. The molecule has 15 heavy (non-hydrogen) atoms. The third kappa shape index (κ3) is 1.69. The van der Waals surface area contributed by atoms with Crippen molar-refractivity contribution in [3.05, 3.63) is 29.9 Å².